The van der Waals surface area contributed by atoms with Crippen LogP contribution < -0.4 is 0 Å². The first kappa shape index (κ1) is 22.8. The lowest BCUT2D eigenvalue weighted by atomic mass is 9.97. The molecule has 0 saturated carbocycles. The van der Waals surface area contributed by atoms with E-state index in [0.717, 1.165) is 18.7 Å². The second-order valence-electron chi connectivity index (χ2n) is 7.57. The lowest BCUT2D eigenvalue weighted by Crippen LogP contribution is -2.43. The van der Waals surface area contributed by atoms with Crippen LogP contribution in [0.25, 0.3) is 5.82 Å². The van der Waals surface area contributed by atoms with Gasteiger partial charge >= 0.3 is 12.1 Å². The predicted octanol–water partition coefficient (Wildman–Crippen LogP) is 3.25. The lowest BCUT2D eigenvalue weighted by Gasteiger charge is -2.31. The Bertz CT molecular complexity index is 954. The van der Waals surface area contributed by atoms with E-state index in [1.54, 1.807) is 25.7 Å². The molecule has 1 saturated heterocycles. The molecule has 2 aromatic heterocycles. The Hall–Kier alpha value is -2.91. The summed E-state index contributed by atoms with van der Waals surface area (Å²) >= 11 is 0. The summed E-state index contributed by atoms with van der Waals surface area (Å²) in [6.45, 7) is 6.44. The van der Waals surface area contributed by atoms with Gasteiger partial charge in [-0.1, -0.05) is 0 Å². The van der Waals surface area contributed by atoms with Gasteiger partial charge in [-0.05, 0) is 45.7 Å². The quantitative estimate of drug-likeness (QED) is 0.670. The molecule has 168 valence electrons. The average molecular weight is 438 g/mol. The van der Waals surface area contributed by atoms with Crippen LogP contribution in [0.3, 0.4) is 0 Å². The van der Waals surface area contributed by atoms with Crippen molar-refractivity contribution in [1.29, 1.82) is 0 Å². The maximum Gasteiger partial charge on any atom is 0.417 e. The van der Waals surface area contributed by atoms with E-state index in [1.807, 2.05) is 0 Å². The minimum atomic E-state index is -4.46. The van der Waals surface area contributed by atoms with E-state index >= 15 is 0 Å². The number of carbonyl (C=O) groups excluding carboxylic acids is 2. The van der Waals surface area contributed by atoms with Crippen LogP contribution in [0.4, 0.5) is 13.2 Å². The van der Waals surface area contributed by atoms with Gasteiger partial charge in [-0.3, -0.25) is 9.59 Å². The fraction of sp³-hybridized carbons (Fsp3) is 0.524. The van der Waals surface area contributed by atoms with E-state index in [0.29, 0.717) is 43.1 Å². The summed E-state index contributed by atoms with van der Waals surface area (Å²) in [5.41, 5.74) is 1.10. The number of likely N-dealkylation sites (tertiary alicyclic amines) is 1. The van der Waals surface area contributed by atoms with Gasteiger partial charge in [-0.2, -0.15) is 18.3 Å². The summed E-state index contributed by atoms with van der Waals surface area (Å²) in [6.07, 6.45) is -2.19. The van der Waals surface area contributed by atoms with Crippen molar-refractivity contribution in [3.63, 3.8) is 0 Å². The number of aromatic nitrogens is 3. The first-order valence-electron chi connectivity index (χ1n) is 10.1. The zero-order chi connectivity index (χ0) is 22.8. The molecule has 1 aliphatic heterocycles. The van der Waals surface area contributed by atoms with Crippen molar-refractivity contribution in [2.24, 2.45) is 5.92 Å². The van der Waals surface area contributed by atoms with Crippen molar-refractivity contribution in [1.82, 2.24) is 19.7 Å². The summed E-state index contributed by atoms with van der Waals surface area (Å²) < 4.78 is 44.9. The Morgan fingerprint density at radius 3 is 2.61 bits per heavy atom. The number of ether oxygens (including phenoxy) is 1. The van der Waals surface area contributed by atoms with E-state index in [-0.39, 0.29) is 30.0 Å². The van der Waals surface area contributed by atoms with Gasteiger partial charge in [0.2, 0.25) is 5.91 Å². The van der Waals surface area contributed by atoms with Gasteiger partial charge in [-0.25, -0.2) is 9.67 Å². The van der Waals surface area contributed by atoms with Crippen molar-refractivity contribution in [2.75, 3.05) is 19.7 Å². The molecular weight excluding hydrogens is 413 g/mol. The van der Waals surface area contributed by atoms with Gasteiger partial charge in [0.15, 0.2) is 5.82 Å². The molecule has 3 heterocycles. The fourth-order valence-corrected chi connectivity index (χ4v) is 3.75. The highest BCUT2D eigenvalue weighted by Gasteiger charge is 2.32. The molecular formula is C21H25F3N4O3. The van der Waals surface area contributed by atoms with Gasteiger partial charge in [0.25, 0.3) is 0 Å². The van der Waals surface area contributed by atoms with Gasteiger partial charge in [0.1, 0.15) is 0 Å². The molecule has 1 fully saturated rings. The minimum Gasteiger partial charge on any atom is -0.466 e. The molecule has 3 rings (SSSR count). The van der Waals surface area contributed by atoms with Crippen LogP contribution in [-0.2, 0) is 26.9 Å². The van der Waals surface area contributed by atoms with E-state index in [9.17, 15) is 22.8 Å². The molecule has 1 atom stereocenters. The van der Waals surface area contributed by atoms with E-state index in [1.165, 1.54) is 10.7 Å². The maximum absolute atomic E-state index is 12.9. The zero-order valence-electron chi connectivity index (χ0n) is 17.7. The molecule has 0 aliphatic carbocycles. The summed E-state index contributed by atoms with van der Waals surface area (Å²) in [5.74, 6) is -0.486. The number of alkyl halides is 3. The van der Waals surface area contributed by atoms with Gasteiger partial charge in [-0.15, -0.1) is 0 Å². The van der Waals surface area contributed by atoms with Crippen molar-refractivity contribution in [3.8, 4) is 5.82 Å². The second kappa shape index (κ2) is 9.07. The Morgan fingerprint density at radius 1 is 1.26 bits per heavy atom. The molecule has 31 heavy (non-hydrogen) atoms. The smallest absolute Gasteiger partial charge is 0.417 e. The number of amides is 1. The molecule has 1 amide bonds. The number of pyridine rings is 1. The molecule has 0 aromatic carbocycles. The lowest BCUT2D eigenvalue weighted by molar-refractivity contribution is -0.151. The third-order valence-corrected chi connectivity index (χ3v) is 5.46. The van der Waals surface area contributed by atoms with Crippen LogP contribution >= 0.6 is 0 Å². The number of aryl methyl sites for hydroxylation is 1. The monoisotopic (exact) mass is 438 g/mol. The number of carbonyl (C=O) groups is 2. The first-order valence-corrected chi connectivity index (χ1v) is 10.1. The predicted molar refractivity (Wildman–Crippen MR) is 105 cm³/mol. The van der Waals surface area contributed by atoms with Crippen molar-refractivity contribution in [2.45, 2.75) is 46.2 Å². The molecule has 0 radical (unpaired) electrons. The van der Waals surface area contributed by atoms with Crippen LogP contribution in [-0.4, -0.2) is 51.2 Å². The van der Waals surface area contributed by atoms with Gasteiger partial charge in [0.05, 0.1) is 30.2 Å². The normalized spacial score (nSPS) is 17.0. The third kappa shape index (κ3) is 5.05. The maximum atomic E-state index is 12.9. The van der Waals surface area contributed by atoms with E-state index in [4.69, 9.17) is 4.74 Å². The minimum absolute atomic E-state index is 0.0911. The van der Waals surface area contributed by atoms with Crippen LogP contribution in [0.5, 0.6) is 0 Å². The topological polar surface area (TPSA) is 77.3 Å². The van der Waals surface area contributed by atoms with E-state index in [2.05, 4.69) is 10.1 Å². The van der Waals surface area contributed by atoms with Crippen molar-refractivity contribution >= 4 is 11.9 Å². The van der Waals surface area contributed by atoms with Crippen LogP contribution in [0.2, 0.25) is 0 Å². The second-order valence-corrected chi connectivity index (χ2v) is 7.57. The molecule has 10 heteroatoms. The molecule has 1 aliphatic rings. The molecule has 0 spiro atoms. The summed E-state index contributed by atoms with van der Waals surface area (Å²) in [7, 11) is 0. The molecule has 2 aromatic rings. The molecule has 7 nitrogen and oxygen atoms in total. The van der Waals surface area contributed by atoms with Crippen LogP contribution in [0.15, 0.2) is 18.3 Å². The molecule has 0 bridgehead atoms. The standard InChI is InChI=1S/C21H25F3N4O3/c1-4-31-20(30)15-6-5-9-27(12-15)19(29)10-17-13(2)26-28(14(17)3)18-8-7-16(11-25-18)21(22,23)24/h7-8,11,15H,4-6,9-10,12H2,1-3H3. The Kier molecular flexibility index (Phi) is 6.66. The highest BCUT2D eigenvalue weighted by Crippen LogP contribution is 2.29. The Labute approximate surface area is 178 Å². The van der Waals surface area contributed by atoms with Gasteiger partial charge in [0, 0.05) is 30.5 Å². The fourth-order valence-electron chi connectivity index (χ4n) is 3.75. The highest BCUT2D eigenvalue weighted by molar-refractivity contribution is 5.81. The van der Waals surface area contributed by atoms with Crippen LogP contribution in [0.1, 0.15) is 42.3 Å². The number of piperidine rings is 1. The molecule has 1 unspecified atom stereocenters. The number of halogens is 3. The number of nitrogens with zero attached hydrogens (tertiary/aromatic N) is 4. The summed E-state index contributed by atoms with van der Waals surface area (Å²) in [5, 5.41) is 4.37. The molecule has 0 N–H and O–H groups in total. The van der Waals surface area contributed by atoms with E-state index < -0.39 is 11.7 Å². The number of rotatable bonds is 5. The number of hydrogen-bond acceptors (Lipinski definition) is 5. The highest BCUT2D eigenvalue weighted by atomic mass is 19.4. The van der Waals surface area contributed by atoms with Gasteiger partial charge < -0.3 is 9.64 Å². The largest absolute Gasteiger partial charge is 0.466 e. The summed E-state index contributed by atoms with van der Waals surface area (Å²) in [6, 6.07) is 2.20. The average Bonchev–Trinajstić information content (AvgIpc) is 3.01. The first-order chi connectivity index (χ1) is 14.6. The number of hydrogen-bond donors (Lipinski definition) is 0. The number of esters is 1. The van der Waals surface area contributed by atoms with Crippen LogP contribution in [0, 0.1) is 19.8 Å². The van der Waals surface area contributed by atoms with Crippen molar-refractivity contribution in [3.05, 3.63) is 40.8 Å². The zero-order valence-corrected chi connectivity index (χ0v) is 17.7. The third-order valence-electron chi connectivity index (χ3n) is 5.46. The summed E-state index contributed by atoms with van der Waals surface area (Å²) in [4.78, 5) is 30.5. The Morgan fingerprint density at radius 2 is 2.00 bits per heavy atom. The van der Waals surface area contributed by atoms with Crippen molar-refractivity contribution < 1.29 is 27.5 Å². The Balaban J connectivity index is 1.75. The SMILES string of the molecule is CCOC(=O)C1CCCN(C(=O)Cc2c(C)nn(-c3ccc(C(F)(F)F)cn3)c2C)C1.